The highest BCUT2D eigenvalue weighted by Gasteiger charge is 2.35. The van der Waals surface area contributed by atoms with Gasteiger partial charge in [0.05, 0.1) is 5.56 Å². The highest BCUT2D eigenvalue weighted by molar-refractivity contribution is 6.30. The van der Waals surface area contributed by atoms with Gasteiger partial charge in [-0.2, -0.15) is 13.2 Å². The average molecular weight is 360 g/mol. The van der Waals surface area contributed by atoms with Crippen LogP contribution in [0.1, 0.15) is 17.5 Å². The van der Waals surface area contributed by atoms with Crippen LogP contribution in [0, 0.1) is 5.82 Å². The molecule has 1 aliphatic rings. The quantitative estimate of drug-likeness (QED) is 0.780. The van der Waals surface area contributed by atoms with Crippen molar-refractivity contribution in [2.75, 3.05) is 6.54 Å². The van der Waals surface area contributed by atoms with Crippen molar-refractivity contribution in [3.8, 4) is 16.9 Å². The molecular weight excluding hydrogens is 346 g/mol. The van der Waals surface area contributed by atoms with E-state index in [1.807, 2.05) is 0 Å². The fraction of sp³-hybridized carbons (Fsp3) is 0.294. The molecule has 2 N–H and O–H groups in total. The predicted molar refractivity (Wildman–Crippen MR) is 83.6 cm³/mol. The van der Waals surface area contributed by atoms with Gasteiger partial charge in [-0.15, -0.1) is 0 Å². The molecule has 0 unspecified atom stereocenters. The van der Waals surface area contributed by atoms with Gasteiger partial charge in [-0.1, -0.05) is 17.7 Å². The molecule has 128 valence electrons. The standard InChI is InChI=1S/C17H14ClF4NO/c18-10-2-4-13(15(6-10)17(20,21)22)14-7-11(19)5-9-1-3-12(8-23)24-16(9)14/h2,4-7,12H,1,3,8,23H2/t12-/m1/s1. The molecule has 0 aromatic heterocycles. The molecule has 1 heterocycles. The largest absolute Gasteiger partial charge is 0.488 e. The Bertz CT molecular complexity index is 776. The lowest BCUT2D eigenvalue weighted by atomic mass is 9.92. The van der Waals surface area contributed by atoms with E-state index in [1.165, 1.54) is 18.2 Å². The zero-order chi connectivity index (χ0) is 17.5. The number of hydrogen-bond donors (Lipinski definition) is 1. The first-order valence-corrected chi connectivity index (χ1v) is 7.73. The highest BCUT2D eigenvalue weighted by atomic mass is 35.5. The molecule has 1 atom stereocenters. The molecule has 3 rings (SSSR count). The first-order valence-electron chi connectivity index (χ1n) is 7.36. The van der Waals surface area contributed by atoms with Crippen LogP contribution in [0.25, 0.3) is 11.1 Å². The normalized spacial score (nSPS) is 17.3. The maximum Gasteiger partial charge on any atom is 0.417 e. The summed E-state index contributed by atoms with van der Waals surface area (Å²) in [4.78, 5) is 0. The summed E-state index contributed by atoms with van der Waals surface area (Å²) in [5.74, 6) is -0.354. The van der Waals surface area contributed by atoms with Crippen molar-refractivity contribution in [3.63, 3.8) is 0 Å². The van der Waals surface area contributed by atoms with Crippen molar-refractivity contribution in [1.29, 1.82) is 0 Å². The summed E-state index contributed by atoms with van der Waals surface area (Å²) in [7, 11) is 0. The summed E-state index contributed by atoms with van der Waals surface area (Å²) in [6, 6.07) is 5.74. The van der Waals surface area contributed by atoms with Gasteiger partial charge in [0.1, 0.15) is 17.7 Å². The summed E-state index contributed by atoms with van der Waals surface area (Å²) < 4.78 is 59.8. The van der Waals surface area contributed by atoms with Gasteiger partial charge in [-0.05, 0) is 48.2 Å². The molecule has 0 aliphatic carbocycles. The van der Waals surface area contributed by atoms with E-state index in [0.29, 0.717) is 18.4 Å². The number of ether oxygens (including phenoxy) is 1. The van der Waals surface area contributed by atoms with Gasteiger partial charge in [-0.3, -0.25) is 0 Å². The summed E-state index contributed by atoms with van der Waals surface area (Å²) >= 11 is 5.71. The van der Waals surface area contributed by atoms with Crippen LogP contribution in [-0.2, 0) is 12.6 Å². The Morgan fingerprint density at radius 3 is 2.58 bits per heavy atom. The summed E-state index contributed by atoms with van der Waals surface area (Å²) in [6.45, 7) is 0.239. The summed E-state index contributed by atoms with van der Waals surface area (Å²) in [5.41, 5.74) is 5.11. The first-order chi connectivity index (χ1) is 11.3. The maximum atomic E-state index is 13.9. The van der Waals surface area contributed by atoms with Crippen LogP contribution >= 0.6 is 11.6 Å². The van der Waals surface area contributed by atoms with E-state index in [9.17, 15) is 17.6 Å². The molecule has 2 aromatic rings. The molecule has 1 aliphatic heterocycles. The zero-order valence-corrected chi connectivity index (χ0v) is 13.2. The number of halogens is 5. The SMILES string of the molecule is NC[C@H]1CCc2cc(F)cc(-c3ccc(Cl)cc3C(F)(F)F)c2O1. The number of benzene rings is 2. The second kappa shape index (κ2) is 6.26. The molecule has 0 radical (unpaired) electrons. The smallest absolute Gasteiger partial charge is 0.417 e. The second-order valence-corrected chi connectivity index (χ2v) is 6.08. The van der Waals surface area contributed by atoms with Crippen molar-refractivity contribution < 1.29 is 22.3 Å². The van der Waals surface area contributed by atoms with E-state index in [-0.39, 0.29) is 34.5 Å². The Labute approximate surface area is 141 Å². The first kappa shape index (κ1) is 17.0. The number of hydrogen-bond acceptors (Lipinski definition) is 2. The Hall–Kier alpha value is -1.79. The molecule has 0 spiro atoms. The lowest BCUT2D eigenvalue weighted by molar-refractivity contribution is -0.137. The van der Waals surface area contributed by atoms with Crippen LogP contribution in [0.4, 0.5) is 17.6 Å². The minimum atomic E-state index is -4.62. The van der Waals surface area contributed by atoms with Crippen molar-refractivity contribution in [2.45, 2.75) is 25.1 Å². The van der Waals surface area contributed by atoms with E-state index in [4.69, 9.17) is 22.1 Å². The number of nitrogens with two attached hydrogens (primary N) is 1. The molecule has 0 saturated carbocycles. The van der Waals surface area contributed by atoms with Crippen molar-refractivity contribution in [1.82, 2.24) is 0 Å². The molecule has 0 bridgehead atoms. The van der Waals surface area contributed by atoms with Crippen LogP contribution in [0.2, 0.25) is 5.02 Å². The average Bonchev–Trinajstić information content (AvgIpc) is 2.53. The maximum absolute atomic E-state index is 13.9. The molecule has 7 heteroatoms. The van der Waals surface area contributed by atoms with E-state index >= 15 is 0 Å². The van der Waals surface area contributed by atoms with Gasteiger partial charge in [0, 0.05) is 17.1 Å². The summed E-state index contributed by atoms with van der Waals surface area (Å²) in [5, 5.41) is -0.0444. The Morgan fingerprint density at radius 2 is 1.92 bits per heavy atom. The van der Waals surface area contributed by atoms with Crippen molar-refractivity contribution >= 4 is 11.6 Å². The van der Waals surface area contributed by atoms with E-state index in [1.54, 1.807) is 0 Å². The van der Waals surface area contributed by atoms with Gasteiger partial charge in [0.25, 0.3) is 0 Å². The van der Waals surface area contributed by atoms with Crippen LogP contribution < -0.4 is 10.5 Å². The number of alkyl halides is 3. The highest BCUT2D eigenvalue weighted by Crippen LogP contribution is 2.44. The van der Waals surface area contributed by atoms with E-state index in [2.05, 4.69) is 0 Å². The monoisotopic (exact) mass is 359 g/mol. The Kier molecular flexibility index (Phi) is 4.44. The van der Waals surface area contributed by atoms with Crippen molar-refractivity contribution in [2.24, 2.45) is 5.73 Å². The van der Waals surface area contributed by atoms with E-state index < -0.39 is 17.6 Å². The van der Waals surface area contributed by atoms with Crippen LogP contribution in [-0.4, -0.2) is 12.6 Å². The van der Waals surface area contributed by atoms with Gasteiger partial charge in [0.2, 0.25) is 0 Å². The van der Waals surface area contributed by atoms with Crippen LogP contribution in [0.3, 0.4) is 0 Å². The second-order valence-electron chi connectivity index (χ2n) is 5.64. The Morgan fingerprint density at radius 1 is 1.17 bits per heavy atom. The zero-order valence-electron chi connectivity index (χ0n) is 12.5. The lowest BCUT2D eigenvalue weighted by Gasteiger charge is -2.28. The fourth-order valence-corrected chi connectivity index (χ4v) is 3.04. The third-order valence-electron chi connectivity index (χ3n) is 3.99. The minimum Gasteiger partial charge on any atom is -0.488 e. The third kappa shape index (κ3) is 3.21. The van der Waals surface area contributed by atoms with Gasteiger partial charge in [-0.25, -0.2) is 4.39 Å². The fourth-order valence-electron chi connectivity index (χ4n) is 2.87. The lowest BCUT2D eigenvalue weighted by Crippen LogP contribution is -2.30. The van der Waals surface area contributed by atoms with Crippen molar-refractivity contribution in [3.05, 3.63) is 52.3 Å². The molecular formula is C17H14ClF4NO. The topological polar surface area (TPSA) is 35.2 Å². The third-order valence-corrected chi connectivity index (χ3v) is 4.23. The summed E-state index contributed by atoms with van der Waals surface area (Å²) in [6.07, 6.45) is -3.83. The van der Waals surface area contributed by atoms with Crippen LogP contribution in [0.5, 0.6) is 5.75 Å². The minimum absolute atomic E-state index is 0.0444. The van der Waals surface area contributed by atoms with Crippen LogP contribution in [0.15, 0.2) is 30.3 Å². The van der Waals surface area contributed by atoms with E-state index in [0.717, 1.165) is 12.1 Å². The molecule has 24 heavy (non-hydrogen) atoms. The molecule has 2 aromatic carbocycles. The van der Waals surface area contributed by atoms with Gasteiger partial charge < -0.3 is 10.5 Å². The number of rotatable bonds is 2. The molecule has 0 amide bonds. The molecule has 0 fully saturated rings. The predicted octanol–water partition coefficient (Wildman–Crippen LogP) is 4.82. The molecule has 0 saturated heterocycles. The van der Waals surface area contributed by atoms with Gasteiger partial charge in [0.15, 0.2) is 0 Å². The number of fused-ring (bicyclic) bond motifs is 1. The van der Waals surface area contributed by atoms with Gasteiger partial charge >= 0.3 is 6.18 Å². The Balaban J connectivity index is 2.23. The molecule has 2 nitrogen and oxygen atoms in total. The number of aryl methyl sites for hydroxylation is 1.